The summed E-state index contributed by atoms with van der Waals surface area (Å²) in [5, 5.41) is 0. The zero-order valence-electron chi connectivity index (χ0n) is 15.7. The molecule has 0 N–H and O–H groups in total. The van der Waals surface area contributed by atoms with Crippen molar-refractivity contribution >= 4 is 17.6 Å². The van der Waals surface area contributed by atoms with Crippen molar-refractivity contribution in [1.82, 2.24) is 4.90 Å². The first-order chi connectivity index (χ1) is 13.1. The Morgan fingerprint density at radius 1 is 0.963 bits per heavy atom. The first-order valence-electron chi connectivity index (χ1n) is 8.99. The van der Waals surface area contributed by atoms with Gasteiger partial charge in [-0.3, -0.25) is 9.69 Å². The van der Waals surface area contributed by atoms with Gasteiger partial charge in [0, 0.05) is 50.9 Å². The average Bonchev–Trinajstić information content (AvgIpc) is 2.69. The molecule has 1 fully saturated rings. The Hall–Kier alpha value is -2.86. The Morgan fingerprint density at radius 3 is 2.26 bits per heavy atom. The van der Waals surface area contributed by atoms with Crippen LogP contribution in [0, 0.1) is 0 Å². The Labute approximate surface area is 159 Å². The van der Waals surface area contributed by atoms with E-state index in [4.69, 9.17) is 9.47 Å². The molecule has 0 amide bonds. The molecule has 0 bridgehead atoms. The number of piperazine rings is 1. The normalized spacial score (nSPS) is 14.7. The lowest BCUT2D eigenvalue weighted by atomic mass is 10.1. The van der Waals surface area contributed by atoms with Gasteiger partial charge in [-0.15, -0.1) is 0 Å². The molecule has 0 radical (unpaired) electrons. The van der Waals surface area contributed by atoms with Gasteiger partial charge < -0.3 is 14.4 Å². The van der Waals surface area contributed by atoms with E-state index in [0.717, 1.165) is 44.0 Å². The molecule has 2 aromatic rings. The van der Waals surface area contributed by atoms with Crippen LogP contribution in [0.15, 0.2) is 48.5 Å². The summed E-state index contributed by atoms with van der Waals surface area (Å²) in [6, 6.07) is 15.2. The maximum atomic E-state index is 11.5. The Morgan fingerprint density at radius 2 is 1.63 bits per heavy atom. The van der Waals surface area contributed by atoms with Crippen molar-refractivity contribution in [3.8, 4) is 5.75 Å². The molecule has 3 rings (SSSR count). The van der Waals surface area contributed by atoms with Crippen molar-refractivity contribution in [2.45, 2.75) is 13.5 Å². The molecule has 1 aliphatic rings. The SMILES string of the molecule is COC(=O)c1ccc(N2CCN(Cc3ccccc3OC(C)=O)CC2)cc1. The van der Waals surface area contributed by atoms with Crippen molar-refractivity contribution in [2.75, 3.05) is 38.2 Å². The third-order valence-corrected chi connectivity index (χ3v) is 4.65. The molecule has 6 nitrogen and oxygen atoms in total. The number of benzene rings is 2. The van der Waals surface area contributed by atoms with Crippen LogP contribution >= 0.6 is 0 Å². The Bertz CT molecular complexity index is 796. The molecular formula is C21H24N2O4. The monoisotopic (exact) mass is 368 g/mol. The fourth-order valence-corrected chi connectivity index (χ4v) is 3.22. The third kappa shape index (κ3) is 4.86. The number of methoxy groups -OCH3 is 1. The number of esters is 2. The highest BCUT2D eigenvalue weighted by molar-refractivity contribution is 5.89. The van der Waals surface area contributed by atoms with E-state index in [2.05, 4.69) is 9.80 Å². The predicted octanol–water partition coefficient (Wildman–Crippen LogP) is 2.72. The number of para-hydroxylation sites is 1. The number of anilines is 1. The fraction of sp³-hybridized carbons (Fsp3) is 0.333. The fourth-order valence-electron chi connectivity index (χ4n) is 3.22. The molecule has 1 saturated heterocycles. The van der Waals surface area contributed by atoms with Crippen LogP contribution in [0.25, 0.3) is 0 Å². The minimum atomic E-state index is -0.321. The highest BCUT2D eigenvalue weighted by Gasteiger charge is 2.19. The van der Waals surface area contributed by atoms with Gasteiger partial charge in [0.1, 0.15) is 5.75 Å². The zero-order chi connectivity index (χ0) is 19.2. The Kier molecular flexibility index (Phi) is 6.08. The zero-order valence-corrected chi connectivity index (χ0v) is 15.7. The van der Waals surface area contributed by atoms with E-state index < -0.39 is 0 Å². The van der Waals surface area contributed by atoms with Gasteiger partial charge in [0.25, 0.3) is 0 Å². The van der Waals surface area contributed by atoms with Crippen LogP contribution in [-0.4, -0.2) is 50.1 Å². The van der Waals surface area contributed by atoms with E-state index in [9.17, 15) is 9.59 Å². The van der Waals surface area contributed by atoms with Crippen molar-refractivity contribution < 1.29 is 19.1 Å². The number of carbonyl (C=O) groups excluding carboxylic acids is 2. The number of hydrogen-bond donors (Lipinski definition) is 0. The second-order valence-corrected chi connectivity index (χ2v) is 6.50. The molecule has 0 aromatic heterocycles. The van der Waals surface area contributed by atoms with Crippen molar-refractivity contribution in [2.24, 2.45) is 0 Å². The third-order valence-electron chi connectivity index (χ3n) is 4.65. The van der Waals surface area contributed by atoms with Crippen LogP contribution in [0.5, 0.6) is 5.75 Å². The topological polar surface area (TPSA) is 59.1 Å². The molecule has 27 heavy (non-hydrogen) atoms. The molecule has 0 atom stereocenters. The molecule has 6 heteroatoms. The molecule has 0 unspecified atom stereocenters. The van der Waals surface area contributed by atoms with Crippen LogP contribution < -0.4 is 9.64 Å². The molecule has 0 aliphatic carbocycles. The van der Waals surface area contributed by atoms with Crippen molar-refractivity contribution in [3.63, 3.8) is 0 Å². The number of carbonyl (C=O) groups is 2. The standard InChI is InChI=1S/C21H24N2O4/c1-16(24)27-20-6-4-3-5-18(20)15-22-11-13-23(14-12-22)19-9-7-17(8-10-19)21(25)26-2/h3-10H,11-15H2,1-2H3. The first kappa shape index (κ1) is 18.9. The van der Waals surface area contributed by atoms with Crippen LogP contribution in [0.4, 0.5) is 5.69 Å². The summed E-state index contributed by atoms with van der Waals surface area (Å²) in [5.41, 5.74) is 2.67. The lowest BCUT2D eigenvalue weighted by Gasteiger charge is -2.36. The molecule has 0 saturated carbocycles. The van der Waals surface area contributed by atoms with Crippen molar-refractivity contribution in [3.05, 3.63) is 59.7 Å². The van der Waals surface area contributed by atoms with Gasteiger partial charge in [0.2, 0.25) is 0 Å². The van der Waals surface area contributed by atoms with E-state index in [0.29, 0.717) is 11.3 Å². The summed E-state index contributed by atoms with van der Waals surface area (Å²) in [5.74, 6) is 0.00585. The molecular weight excluding hydrogens is 344 g/mol. The Balaban J connectivity index is 1.58. The lowest BCUT2D eigenvalue weighted by Crippen LogP contribution is -2.46. The van der Waals surface area contributed by atoms with E-state index >= 15 is 0 Å². The van der Waals surface area contributed by atoms with Gasteiger partial charge in [0.15, 0.2) is 0 Å². The summed E-state index contributed by atoms with van der Waals surface area (Å²) >= 11 is 0. The van der Waals surface area contributed by atoms with Crippen LogP contribution in [-0.2, 0) is 16.1 Å². The summed E-state index contributed by atoms with van der Waals surface area (Å²) in [4.78, 5) is 27.5. The first-order valence-corrected chi connectivity index (χ1v) is 8.99. The predicted molar refractivity (Wildman–Crippen MR) is 103 cm³/mol. The van der Waals surface area contributed by atoms with Gasteiger partial charge in [-0.05, 0) is 30.3 Å². The number of rotatable bonds is 5. The molecule has 1 heterocycles. The number of ether oxygens (including phenoxy) is 2. The number of nitrogens with zero attached hydrogens (tertiary/aromatic N) is 2. The number of hydrogen-bond acceptors (Lipinski definition) is 6. The molecule has 1 aliphatic heterocycles. The van der Waals surface area contributed by atoms with E-state index in [1.165, 1.54) is 14.0 Å². The summed E-state index contributed by atoms with van der Waals surface area (Å²) in [6.45, 7) is 5.78. The maximum Gasteiger partial charge on any atom is 0.337 e. The largest absolute Gasteiger partial charge is 0.465 e. The minimum Gasteiger partial charge on any atom is -0.465 e. The van der Waals surface area contributed by atoms with Gasteiger partial charge >= 0.3 is 11.9 Å². The maximum absolute atomic E-state index is 11.5. The van der Waals surface area contributed by atoms with Crippen LogP contribution in [0.1, 0.15) is 22.8 Å². The molecule has 142 valence electrons. The summed E-state index contributed by atoms with van der Waals surface area (Å²) in [6.07, 6.45) is 0. The second kappa shape index (κ2) is 8.68. The van der Waals surface area contributed by atoms with Gasteiger partial charge in [-0.1, -0.05) is 18.2 Å². The summed E-state index contributed by atoms with van der Waals surface area (Å²) in [7, 11) is 1.38. The minimum absolute atomic E-state index is 0.303. The van der Waals surface area contributed by atoms with E-state index in [1.807, 2.05) is 36.4 Å². The van der Waals surface area contributed by atoms with Crippen molar-refractivity contribution in [1.29, 1.82) is 0 Å². The van der Waals surface area contributed by atoms with E-state index in [-0.39, 0.29) is 11.9 Å². The van der Waals surface area contributed by atoms with Gasteiger partial charge in [-0.2, -0.15) is 0 Å². The van der Waals surface area contributed by atoms with E-state index in [1.54, 1.807) is 12.1 Å². The quantitative estimate of drug-likeness (QED) is 0.597. The summed E-state index contributed by atoms with van der Waals surface area (Å²) < 4.78 is 10.0. The van der Waals surface area contributed by atoms with Gasteiger partial charge in [-0.25, -0.2) is 4.79 Å². The van der Waals surface area contributed by atoms with Crippen LogP contribution in [0.3, 0.4) is 0 Å². The second-order valence-electron chi connectivity index (χ2n) is 6.50. The highest BCUT2D eigenvalue weighted by atomic mass is 16.5. The molecule has 2 aromatic carbocycles. The molecule has 0 spiro atoms. The smallest absolute Gasteiger partial charge is 0.337 e. The highest BCUT2D eigenvalue weighted by Crippen LogP contribution is 2.22. The van der Waals surface area contributed by atoms with Gasteiger partial charge in [0.05, 0.1) is 12.7 Å². The average molecular weight is 368 g/mol. The van der Waals surface area contributed by atoms with Crippen LogP contribution in [0.2, 0.25) is 0 Å². The lowest BCUT2D eigenvalue weighted by molar-refractivity contribution is -0.131.